The van der Waals surface area contributed by atoms with Crippen molar-refractivity contribution in [1.29, 1.82) is 0 Å². The van der Waals surface area contributed by atoms with Gasteiger partial charge < -0.3 is 10.3 Å². The average Bonchev–Trinajstić information content (AvgIpc) is 3.17. The predicted octanol–water partition coefficient (Wildman–Crippen LogP) is 2.65. The van der Waals surface area contributed by atoms with Crippen molar-refractivity contribution in [2.24, 2.45) is 5.73 Å². The van der Waals surface area contributed by atoms with Gasteiger partial charge in [0.25, 0.3) is 5.89 Å². The van der Waals surface area contributed by atoms with Gasteiger partial charge in [-0.3, -0.25) is 0 Å². The maximum absolute atomic E-state index is 12.1. The number of benzene rings is 1. The summed E-state index contributed by atoms with van der Waals surface area (Å²) in [6, 6.07) is 6.51. The van der Waals surface area contributed by atoms with Gasteiger partial charge in [0.05, 0.1) is 15.7 Å². The molecule has 0 unspecified atom stereocenters. The molecule has 0 amide bonds. The van der Waals surface area contributed by atoms with E-state index in [1.165, 1.54) is 0 Å². The van der Waals surface area contributed by atoms with Crippen molar-refractivity contribution in [2.45, 2.75) is 55.2 Å². The summed E-state index contributed by atoms with van der Waals surface area (Å²) in [6.07, 6.45) is 3.86. The van der Waals surface area contributed by atoms with E-state index in [9.17, 15) is 8.42 Å². The van der Waals surface area contributed by atoms with Crippen LogP contribution in [0.25, 0.3) is 11.5 Å². The molecule has 0 aliphatic heterocycles. The summed E-state index contributed by atoms with van der Waals surface area (Å²) in [5.74, 6) is 0.897. The lowest BCUT2D eigenvalue weighted by Crippen LogP contribution is -2.34. The molecule has 1 aromatic heterocycles. The Balaban J connectivity index is 1.88. The van der Waals surface area contributed by atoms with Crippen LogP contribution in [0.3, 0.4) is 0 Å². The first-order valence-corrected chi connectivity index (χ1v) is 9.35. The van der Waals surface area contributed by atoms with E-state index in [0.717, 1.165) is 25.7 Å². The Bertz CT molecular complexity index is 788. The van der Waals surface area contributed by atoms with Crippen molar-refractivity contribution in [3.8, 4) is 11.5 Å². The quantitative estimate of drug-likeness (QED) is 0.922. The van der Waals surface area contributed by atoms with Crippen molar-refractivity contribution < 1.29 is 12.9 Å². The number of aromatic nitrogens is 2. The minimum Gasteiger partial charge on any atom is -0.334 e. The Morgan fingerprint density at radius 1 is 1.17 bits per heavy atom. The standard InChI is InChI=1S/C16H21N3O3S/c1-11(2)23(20,21)13-7-5-12(6-8-13)14-18-15(19-22-14)16(17)9-3-4-10-16/h5-8,11H,3-4,9-10,17H2,1-2H3. The number of rotatable bonds is 4. The Labute approximate surface area is 136 Å². The average molecular weight is 335 g/mol. The molecule has 3 rings (SSSR count). The van der Waals surface area contributed by atoms with E-state index in [1.54, 1.807) is 38.1 Å². The van der Waals surface area contributed by atoms with Gasteiger partial charge in [0.2, 0.25) is 0 Å². The van der Waals surface area contributed by atoms with Gasteiger partial charge in [0, 0.05) is 5.56 Å². The van der Waals surface area contributed by atoms with Crippen molar-refractivity contribution >= 4 is 9.84 Å². The van der Waals surface area contributed by atoms with Gasteiger partial charge >= 0.3 is 0 Å². The SMILES string of the molecule is CC(C)S(=O)(=O)c1ccc(-c2nc(C3(N)CCCC3)no2)cc1. The zero-order valence-electron chi connectivity index (χ0n) is 13.3. The molecule has 0 saturated heterocycles. The molecule has 23 heavy (non-hydrogen) atoms. The van der Waals surface area contributed by atoms with Crippen LogP contribution in [0.4, 0.5) is 0 Å². The molecule has 7 heteroatoms. The molecule has 1 heterocycles. The van der Waals surface area contributed by atoms with E-state index in [1.807, 2.05) is 0 Å². The van der Waals surface area contributed by atoms with E-state index >= 15 is 0 Å². The third-order valence-corrected chi connectivity index (χ3v) is 6.59. The highest BCUT2D eigenvalue weighted by Gasteiger charge is 2.36. The van der Waals surface area contributed by atoms with E-state index in [0.29, 0.717) is 22.2 Å². The van der Waals surface area contributed by atoms with Gasteiger partial charge in [0.1, 0.15) is 0 Å². The molecule has 1 fully saturated rings. The van der Waals surface area contributed by atoms with Crippen LogP contribution in [0.5, 0.6) is 0 Å². The number of nitrogens with zero attached hydrogens (tertiary/aromatic N) is 2. The maximum atomic E-state index is 12.1. The first kappa shape index (κ1) is 16.1. The molecule has 0 atom stereocenters. The lowest BCUT2D eigenvalue weighted by atomic mass is 9.99. The second-order valence-corrected chi connectivity index (χ2v) is 8.91. The van der Waals surface area contributed by atoms with E-state index < -0.39 is 20.6 Å². The molecule has 2 aromatic rings. The molecule has 1 aromatic carbocycles. The van der Waals surface area contributed by atoms with Crippen molar-refractivity contribution in [3.05, 3.63) is 30.1 Å². The Hall–Kier alpha value is -1.73. The normalized spacial score (nSPS) is 17.7. The zero-order chi connectivity index (χ0) is 16.7. The summed E-state index contributed by atoms with van der Waals surface area (Å²) in [7, 11) is -3.28. The maximum Gasteiger partial charge on any atom is 0.257 e. The van der Waals surface area contributed by atoms with Crippen molar-refractivity contribution in [3.63, 3.8) is 0 Å². The van der Waals surface area contributed by atoms with Crippen molar-refractivity contribution in [1.82, 2.24) is 10.1 Å². The van der Waals surface area contributed by atoms with Crippen LogP contribution in [0.15, 0.2) is 33.7 Å². The van der Waals surface area contributed by atoms with Crippen LogP contribution in [-0.2, 0) is 15.4 Å². The fourth-order valence-electron chi connectivity index (χ4n) is 2.83. The Morgan fingerprint density at radius 3 is 2.35 bits per heavy atom. The van der Waals surface area contributed by atoms with Crippen LogP contribution >= 0.6 is 0 Å². The third kappa shape index (κ3) is 2.90. The van der Waals surface area contributed by atoms with Crippen LogP contribution in [0, 0.1) is 0 Å². The first-order chi connectivity index (χ1) is 10.8. The third-order valence-electron chi connectivity index (χ3n) is 4.42. The van der Waals surface area contributed by atoms with Gasteiger partial charge in [-0.25, -0.2) is 8.42 Å². The fourth-order valence-corrected chi connectivity index (χ4v) is 3.89. The monoisotopic (exact) mass is 335 g/mol. The molecule has 1 aliphatic rings. The molecule has 124 valence electrons. The molecule has 1 aliphatic carbocycles. The molecule has 0 bridgehead atoms. The van der Waals surface area contributed by atoms with Gasteiger partial charge in [-0.05, 0) is 51.0 Å². The summed E-state index contributed by atoms with van der Waals surface area (Å²) in [4.78, 5) is 4.70. The van der Waals surface area contributed by atoms with Gasteiger partial charge in [0.15, 0.2) is 15.7 Å². The summed E-state index contributed by atoms with van der Waals surface area (Å²) < 4.78 is 29.6. The predicted molar refractivity (Wildman–Crippen MR) is 86.4 cm³/mol. The van der Waals surface area contributed by atoms with Crippen LogP contribution < -0.4 is 5.73 Å². The van der Waals surface area contributed by atoms with Crippen LogP contribution in [0.1, 0.15) is 45.4 Å². The highest BCUT2D eigenvalue weighted by Crippen LogP contribution is 2.35. The lowest BCUT2D eigenvalue weighted by Gasteiger charge is -2.17. The van der Waals surface area contributed by atoms with Crippen LogP contribution in [-0.4, -0.2) is 23.8 Å². The van der Waals surface area contributed by atoms with Gasteiger partial charge in [-0.15, -0.1) is 0 Å². The first-order valence-electron chi connectivity index (χ1n) is 7.80. The molecule has 0 radical (unpaired) electrons. The fraction of sp³-hybridized carbons (Fsp3) is 0.500. The minimum absolute atomic E-state index is 0.294. The number of sulfone groups is 1. The zero-order valence-corrected chi connectivity index (χ0v) is 14.1. The molecule has 0 spiro atoms. The Morgan fingerprint density at radius 2 is 1.78 bits per heavy atom. The van der Waals surface area contributed by atoms with E-state index in [-0.39, 0.29) is 0 Å². The van der Waals surface area contributed by atoms with Crippen LogP contribution in [0.2, 0.25) is 0 Å². The topological polar surface area (TPSA) is 99.1 Å². The number of hydrogen-bond donors (Lipinski definition) is 1. The molecular formula is C16H21N3O3S. The Kier molecular flexibility index (Phi) is 4.01. The molecular weight excluding hydrogens is 314 g/mol. The smallest absolute Gasteiger partial charge is 0.257 e. The van der Waals surface area contributed by atoms with E-state index in [2.05, 4.69) is 10.1 Å². The second-order valence-electron chi connectivity index (χ2n) is 6.40. The largest absolute Gasteiger partial charge is 0.334 e. The summed E-state index contributed by atoms with van der Waals surface area (Å²) >= 11 is 0. The lowest BCUT2D eigenvalue weighted by molar-refractivity contribution is 0.372. The summed E-state index contributed by atoms with van der Waals surface area (Å²) in [5.41, 5.74) is 6.51. The highest BCUT2D eigenvalue weighted by molar-refractivity contribution is 7.92. The molecule has 1 saturated carbocycles. The number of nitrogens with two attached hydrogens (primary N) is 1. The molecule has 2 N–H and O–H groups in total. The number of hydrogen-bond acceptors (Lipinski definition) is 6. The van der Waals surface area contributed by atoms with Gasteiger partial charge in [-0.1, -0.05) is 18.0 Å². The van der Waals surface area contributed by atoms with E-state index in [4.69, 9.17) is 10.3 Å². The minimum atomic E-state index is -3.28. The van der Waals surface area contributed by atoms with Crippen molar-refractivity contribution in [2.75, 3.05) is 0 Å². The second kappa shape index (κ2) is 5.72. The van der Waals surface area contributed by atoms with Gasteiger partial charge in [-0.2, -0.15) is 4.98 Å². The summed E-state index contributed by atoms with van der Waals surface area (Å²) in [6.45, 7) is 3.33. The molecule has 6 nitrogen and oxygen atoms in total. The summed E-state index contributed by atoms with van der Waals surface area (Å²) in [5, 5.41) is 3.56. The highest BCUT2D eigenvalue weighted by atomic mass is 32.2.